The van der Waals surface area contributed by atoms with Crippen LogP contribution in [0.1, 0.15) is 19.3 Å². The molecule has 3 aromatic rings. The number of nitro groups is 1. The third-order valence-corrected chi connectivity index (χ3v) is 7.64. The molecular weight excluding hydrogens is 438 g/mol. The number of sulfonamides is 1. The molecule has 4 rings (SSSR count). The molecule has 0 unspecified atom stereocenters. The second-order valence-electron chi connectivity index (χ2n) is 6.78. The van der Waals surface area contributed by atoms with Gasteiger partial charge in [-0.1, -0.05) is 6.42 Å². The Hall–Kier alpha value is -2.57. The Morgan fingerprint density at radius 3 is 2.50 bits per heavy atom. The first kappa shape index (κ1) is 20.7. The zero-order valence-electron chi connectivity index (χ0n) is 15.5. The van der Waals surface area contributed by atoms with Crippen LogP contribution in [0.3, 0.4) is 0 Å². The number of fused-ring (bicyclic) bond motifs is 1. The Bertz CT molecular complexity index is 1200. The molecule has 1 saturated heterocycles. The molecule has 0 amide bonds. The summed E-state index contributed by atoms with van der Waals surface area (Å²) in [6, 6.07) is 5.57. The number of piperidine rings is 1. The molecule has 2 heterocycles. The van der Waals surface area contributed by atoms with E-state index in [9.17, 15) is 27.3 Å². The number of hydrogen-bond acceptors (Lipinski definition) is 6. The van der Waals surface area contributed by atoms with Crippen LogP contribution in [0.25, 0.3) is 11.0 Å². The Balaban J connectivity index is 1.68. The fourth-order valence-corrected chi connectivity index (χ4v) is 5.70. The van der Waals surface area contributed by atoms with Gasteiger partial charge in [-0.25, -0.2) is 22.2 Å². The average molecular weight is 454 g/mol. The Morgan fingerprint density at radius 2 is 1.80 bits per heavy atom. The molecule has 8 nitrogen and oxygen atoms in total. The van der Waals surface area contributed by atoms with Crippen molar-refractivity contribution in [3.8, 4) is 0 Å². The van der Waals surface area contributed by atoms with Crippen molar-refractivity contribution in [3.05, 3.63) is 52.1 Å². The minimum absolute atomic E-state index is 0.144. The largest absolute Gasteiger partial charge is 0.333 e. The van der Waals surface area contributed by atoms with Gasteiger partial charge < -0.3 is 4.98 Å². The van der Waals surface area contributed by atoms with E-state index >= 15 is 0 Å². The Morgan fingerprint density at radius 1 is 1.10 bits per heavy atom. The number of halogens is 2. The number of rotatable bonds is 5. The summed E-state index contributed by atoms with van der Waals surface area (Å²) in [5.41, 5.74) is 0.0163. The maximum Gasteiger partial charge on any atom is 0.284 e. The summed E-state index contributed by atoms with van der Waals surface area (Å²) in [6.07, 6.45) is 2.46. The lowest BCUT2D eigenvalue weighted by Crippen LogP contribution is -2.35. The summed E-state index contributed by atoms with van der Waals surface area (Å²) in [6.45, 7) is 0.775. The minimum atomic E-state index is -3.82. The van der Waals surface area contributed by atoms with Crippen molar-refractivity contribution >= 4 is 38.5 Å². The highest BCUT2D eigenvalue weighted by molar-refractivity contribution is 7.99. The second-order valence-corrected chi connectivity index (χ2v) is 9.75. The van der Waals surface area contributed by atoms with Crippen LogP contribution in [0.5, 0.6) is 0 Å². The minimum Gasteiger partial charge on any atom is -0.333 e. The zero-order chi connectivity index (χ0) is 21.5. The number of nitrogens with zero attached hydrogens (tertiary/aromatic N) is 3. The number of H-pyrrole nitrogens is 1. The Kier molecular flexibility index (Phi) is 5.47. The summed E-state index contributed by atoms with van der Waals surface area (Å²) in [7, 11) is -3.82. The van der Waals surface area contributed by atoms with Gasteiger partial charge in [-0.15, -0.1) is 0 Å². The van der Waals surface area contributed by atoms with Crippen LogP contribution in [0.15, 0.2) is 45.3 Å². The molecular formula is C18H16F2N4O4S2. The Labute approximate surface area is 174 Å². The van der Waals surface area contributed by atoms with Crippen LogP contribution < -0.4 is 0 Å². The monoisotopic (exact) mass is 454 g/mol. The van der Waals surface area contributed by atoms with Crippen LogP contribution in [0, 0.1) is 21.7 Å². The molecule has 1 aromatic heterocycles. The summed E-state index contributed by atoms with van der Waals surface area (Å²) in [4.78, 5) is 17.8. The number of benzene rings is 2. The summed E-state index contributed by atoms with van der Waals surface area (Å²) in [5.74, 6) is -2.09. The van der Waals surface area contributed by atoms with Crippen molar-refractivity contribution in [2.75, 3.05) is 13.1 Å². The van der Waals surface area contributed by atoms with Crippen LogP contribution in [-0.2, 0) is 10.0 Å². The molecule has 12 heteroatoms. The molecule has 0 radical (unpaired) electrons. The first-order chi connectivity index (χ1) is 14.3. The predicted molar refractivity (Wildman–Crippen MR) is 106 cm³/mol. The normalized spacial score (nSPS) is 15.5. The summed E-state index contributed by atoms with van der Waals surface area (Å²) < 4.78 is 53.7. The van der Waals surface area contributed by atoms with Gasteiger partial charge in [0.1, 0.15) is 0 Å². The molecule has 0 bridgehead atoms. The SMILES string of the molecule is O=[N+]([O-])c1cc(S(=O)(=O)N2CCCCC2)ccc1Sc1nc2cc(F)c(F)cc2[nH]1. The lowest BCUT2D eigenvalue weighted by atomic mass is 10.2. The van der Waals surface area contributed by atoms with Gasteiger partial charge in [0.15, 0.2) is 16.8 Å². The smallest absolute Gasteiger partial charge is 0.284 e. The highest BCUT2D eigenvalue weighted by atomic mass is 32.2. The van der Waals surface area contributed by atoms with Gasteiger partial charge in [-0.05, 0) is 36.7 Å². The molecule has 1 aliphatic rings. The van der Waals surface area contributed by atoms with Crippen molar-refractivity contribution in [2.45, 2.75) is 34.2 Å². The van der Waals surface area contributed by atoms with Gasteiger partial charge in [-0.2, -0.15) is 4.31 Å². The van der Waals surface area contributed by atoms with E-state index in [2.05, 4.69) is 9.97 Å². The molecule has 1 N–H and O–H groups in total. The van der Waals surface area contributed by atoms with Crippen molar-refractivity contribution in [2.24, 2.45) is 0 Å². The molecule has 2 aromatic carbocycles. The van der Waals surface area contributed by atoms with E-state index < -0.39 is 32.3 Å². The average Bonchev–Trinajstić information content (AvgIpc) is 3.09. The number of nitrogens with one attached hydrogen (secondary N) is 1. The number of aromatic nitrogens is 2. The maximum absolute atomic E-state index is 13.4. The lowest BCUT2D eigenvalue weighted by Gasteiger charge is -2.25. The van der Waals surface area contributed by atoms with Gasteiger partial charge in [0.25, 0.3) is 5.69 Å². The van der Waals surface area contributed by atoms with Gasteiger partial charge in [0, 0.05) is 31.3 Å². The molecule has 1 aliphatic heterocycles. The van der Waals surface area contributed by atoms with Crippen LogP contribution in [-0.4, -0.2) is 40.7 Å². The number of hydrogen-bond donors (Lipinski definition) is 1. The van der Waals surface area contributed by atoms with Crippen LogP contribution in [0.2, 0.25) is 0 Å². The standard InChI is InChI=1S/C18H16F2N4O4S2/c19-12-9-14-15(10-13(12)20)22-18(21-14)29-17-5-4-11(8-16(17)24(25)26)30(27,28)23-6-2-1-3-7-23/h4-5,8-10H,1-3,6-7H2,(H,21,22). The van der Waals surface area contributed by atoms with Gasteiger partial charge in [-0.3, -0.25) is 10.1 Å². The van der Waals surface area contributed by atoms with E-state index in [-0.39, 0.29) is 26.0 Å². The van der Waals surface area contributed by atoms with E-state index in [1.54, 1.807) is 0 Å². The fraction of sp³-hybridized carbons (Fsp3) is 0.278. The van der Waals surface area contributed by atoms with Crippen LogP contribution in [0.4, 0.5) is 14.5 Å². The van der Waals surface area contributed by atoms with Crippen molar-refractivity contribution in [1.82, 2.24) is 14.3 Å². The van der Waals surface area contributed by atoms with E-state index in [0.29, 0.717) is 13.1 Å². The van der Waals surface area contributed by atoms with E-state index in [0.717, 1.165) is 49.2 Å². The van der Waals surface area contributed by atoms with Crippen LogP contribution >= 0.6 is 11.8 Å². The highest BCUT2D eigenvalue weighted by Gasteiger charge is 2.29. The molecule has 0 atom stereocenters. The number of nitro benzene ring substituents is 1. The van der Waals surface area contributed by atoms with Gasteiger partial charge >= 0.3 is 0 Å². The second kappa shape index (κ2) is 7.93. The van der Waals surface area contributed by atoms with Crippen molar-refractivity contribution in [1.29, 1.82) is 0 Å². The molecule has 1 fully saturated rings. The summed E-state index contributed by atoms with van der Waals surface area (Å²) in [5, 5.41) is 11.8. The van der Waals surface area contributed by atoms with Gasteiger partial charge in [0.05, 0.1) is 25.7 Å². The fourth-order valence-electron chi connectivity index (χ4n) is 3.27. The molecule has 0 spiro atoms. The first-order valence-electron chi connectivity index (χ1n) is 9.07. The molecule has 158 valence electrons. The van der Waals surface area contributed by atoms with E-state index in [1.165, 1.54) is 16.4 Å². The van der Waals surface area contributed by atoms with E-state index in [4.69, 9.17) is 0 Å². The zero-order valence-corrected chi connectivity index (χ0v) is 17.1. The van der Waals surface area contributed by atoms with Gasteiger partial charge in [0.2, 0.25) is 10.0 Å². The maximum atomic E-state index is 13.4. The first-order valence-corrected chi connectivity index (χ1v) is 11.3. The molecule has 30 heavy (non-hydrogen) atoms. The van der Waals surface area contributed by atoms with Crippen molar-refractivity contribution < 1.29 is 22.1 Å². The number of aromatic amines is 1. The predicted octanol–water partition coefficient (Wildman–Crippen LogP) is 4.08. The van der Waals surface area contributed by atoms with Crippen molar-refractivity contribution in [3.63, 3.8) is 0 Å². The molecule has 0 aliphatic carbocycles. The third kappa shape index (κ3) is 3.89. The quantitative estimate of drug-likeness (QED) is 0.460. The van der Waals surface area contributed by atoms with E-state index in [1.807, 2.05) is 0 Å². The topological polar surface area (TPSA) is 109 Å². The lowest BCUT2D eigenvalue weighted by molar-refractivity contribution is -0.388. The summed E-state index contributed by atoms with van der Waals surface area (Å²) >= 11 is 0.873. The third-order valence-electron chi connectivity index (χ3n) is 4.79. The molecule has 0 saturated carbocycles. The highest BCUT2D eigenvalue weighted by Crippen LogP contribution is 2.36. The number of imidazole rings is 1.